The molecule has 3 rings (SSSR count). The van der Waals surface area contributed by atoms with Crippen molar-refractivity contribution >= 4 is 12.1 Å². The van der Waals surface area contributed by atoms with Gasteiger partial charge in [-0.1, -0.05) is 12.1 Å². The Kier molecular flexibility index (Phi) is 5.93. The fourth-order valence-corrected chi connectivity index (χ4v) is 3.03. The molecule has 1 N–H and O–H groups in total. The van der Waals surface area contributed by atoms with Crippen LogP contribution in [0, 0.1) is 0 Å². The average Bonchev–Trinajstić information content (AvgIpc) is 2.71. The Hall–Kier alpha value is -2.94. The lowest BCUT2D eigenvalue weighted by atomic mass is 10.0. The molecule has 9 heteroatoms. The molecule has 0 aliphatic carbocycles. The number of hydrogen-bond acceptors (Lipinski definition) is 6. The van der Waals surface area contributed by atoms with E-state index in [0.29, 0.717) is 49.5 Å². The highest BCUT2D eigenvalue weighted by Gasteiger charge is 2.31. The van der Waals surface area contributed by atoms with Gasteiger partial charge in [0.2, 0.25) is 0 Å². The number of alkyl halides is 3. The zero-order chi connectivity index (χ0) is 20.1. The van der Waals surface area contributed by atoms with E-state index in [1.165, 1.54) is 30.6 Å². The first-order valence-electron chi connectivity index (χ1n) is 8.67. The molecule has 2 heterocycles. The van der Waals surface area contributed by atoms with Crippen LogP contribution >= 0.6 is 0 Å². The van der Waals surface area contributed by atoms with Crippen LogP contribution in [0.15, 0.2) is 48.9 Å². The number of aliphatic hydroxyl groups is 1. The molecule has 0 bridgehead atoms. The van der Waals surface area contributed by atoms with Gasteiger partial charge in [-0.05, 0) is 23.8 Å². The second-order valence-electron chi connectivity index (χ2n) is 6.29. The fourth-order valence-electron chi connectivity index (χ4n) is 3.03. The molecule has 1 fully saturated rings. The van der Waals surface area contributed by atoms with Crippen LogP contribution < -0.4 is 4.90 Å². The molecule has 0 amide bonds. The van der Waals surface area contributed by atoms with Gasteiger partial charge in [0, 0.05) is 44.8 Å². The highest BCUT2D eigenvalue weighted by molar-refractivity contribution is 5.64. The van der Waals surface area contributed by atoms with Gasteiger partial charge in [0.1, 0.15) is 18.1 Å². The summed E-state index contributed by atoms with van der Waals surface area (Å²) >= 11 is 0. The van der Waals surface area contributed by atoms with Gasteiger partial charge in [0.25, 0.3) is 0 Å². The number of benzene rings is 1. The number of allylic oxidation sites excluding steroid dienone is 1. The molecule has 1 atom stereocenters. The van der Waals surface area contributed by atoms with Crippen molar-refractivity contribution in [3.8, 4) is 0 Å². The summed E-state index contributed by atoms with van der Waals surface area (Å²) in [6, 6.07) is 4.36. The Morgan fingerprint density at radius 3 is 2.29 bits per heavy atom. The molecule has 1 aromatic heterocycles. The van der Waals surface area contributed by atoms with Gasteiger partial charge < -0.3 is 14.9 Å². The zero-order valence-corrected chi connectivity index (χ0v) is 14.9. The van der Waals surface area contributed by atoms with E-state index in [1.807, 2.05) is 9.80 Å². The van der Waals surface area contributed by atoms with Crippen molar-refractivity contribution in [3.05, 3.63) is 65.8 Å². The Bertz CT molecular complexity index is 832. The third-order valence-corrected chi connectivity index (χ3v) is 4.51. The third kappa shape index (κ3) is 4.48. The molecule has 1 aliphatic heterocycles. The molecule has 1 aromatic carbocycles. The molecular formula is C19H19F3N4O2. The minimum atomic E-state index is -4.43. The van der Waals surface area contributed by atoms with Crippen molar-refractivity contribution in [2.24, 2.45) is 0 Å². The Morgan fingerprint density at radius 2 is 1.68 bits per heavy atom. The molecule has 1 aliphatic rings. The van der Waals surface area contributed by atoms with Gasteiger partial charge in [-0.15, -0.1) is 0 Å². The van der Waals surface area contributed by atoms with E-state index < -0.39 is 17.8 Å². The van der Waals surface area contributed by atoms with Crippen LogP contribution in [0.1, 0.15) is 22.9 Å². The number of piperazine rings is 1. The average molecular weight is 392 g/mol. The lowest BCUT2D eigenvalue weighted by molar-refractivity contribution is -0.137. The minimum Gasteiger partial charge on any atom is -0.382 e. The molecule has 148 valence electrons. The van der Waals surface area contributed by atoms with Crippen LogP contribution in [0.2, 0.25) is 0 Å². The lowest BCUT2D eigenvalue weighted by Gasteiger charge is -2.35. The molecule has 1 saturated heterocycles. The van der Waals surface area contributed by atoms with Crippen LogP contribution in [0.4, 0.5) is 19.0 Å². The van der Waals surface area contributed by atoms with Crippen molar-refractivity contribution in [1.29, 1.82) is 0 Å². The largest absolute Gasteiger partial charge is 0.416 e. The predicted octanol–water partition coefficient (Wildman–Crippen LogP) is 2.41. The first-order chi connectivity index (χ1) is 13.4. The Balaban J connectivity index is 1.78. The first kappa shape index (κ1) is 19.8. The Labute approximate surface area is 159 Å². The number of aliphatic hydroxyl groups excluding tert-OH is 1. The van der Waals surface area contributed by atoms with Crippen molar-refractivity contribution < 1.29 is 23.1 Å². The number of rotatable bonds is 5. The maximum Gasteiger partial charge on any atom is 0.416 e. The lowest BCUT2D eigenvalue weighted by Crippen LogP contribution is -2.45. The fraction of sp³-hybridized carbons (Fsp3) is 0.316. The number of nitrogens with zero attached hydrogens (tertiary/aromatic N) is 4. The molecule has 2 aromatic rings. The minimum absolute atomic E-state index is 0.291. The summed E-state index contributed by atoms with van der Waals surface area (Å²) in [6.45, 7) is 2.54. The number of aldehydes is 1. The molecular weight excluding hydrogens is 373 g/mol. The summed E-state index contributed by atoms with van der Waals surface area (Å²) in [4.78, 5) is 22.9. The quantitative estimate of drug-likeness (QED) is 0.623. The van der Waals surface area contributed by atoms with Crippen molar-refractivity contribution in [3.63, 3.8) is 0 Å². The van der Waals surface area contributed by atoms with Gasteiger partial charge in [-0.2, -0.15) is 13.2 Å². The van der Waals surface area contributed by atoms with Crippen LogP contribution in [0.25, 0.3) is 0 Å². The van der Waals surface area contributed by atoms with E-state index in [1.54, 1.807) is 6.20 Å². The van der Waals surface area contributed by atoms with E-state index in [4.69, 9.17) is 0 Å². The number of anilines is 1. The molecule has 0 spiro atoms. The standard InChI is InChI=1S/C19H19F3N4O2/c20-19(21,22)15-4-2-14(3-5-15)17(28)16-18(24-7-6-23-16)26-11-9-25(10-12-26)8-1-13-27/h1-8,13,17,28H,9-12H2/t17-/m1/s1. The summed E-state index contributed by atoms with van der Waals surface area (Å²) in [5.41, 5.74) is -0.177. The monoisotopic (exact) mass is 392 g/mol. The number of aromatic nitrogens is 2. The van der Waals surface area contributed by atoms with E-state index in [2.05, 4.69) is 9.97 Å². The molecule has 0 saturated carbocycles. The van der Waals surface area contributed by atoms with Crippen LogP contribution in [0.5, 0.6) is 0 Å². The second-order valence-corrected chi connectivity index (χ2v) is 6.29. The summed E-state index contributed by atoms with van der Waals surface area (Å²) < 4.78 is 38.2. The van der Waals surface area contributed by atoms with Crippen molar-refractivity contribution in [1.82, 2.24) is 14.9 Å². The van der Waals surface area contributed by atoms with Gasteiger partial charge >= 0.3 is 6.18 Å². The van der Waals surface area contributed by atoms with Gasteiger partial charge in [0.15, 0.2) is 5.82 Å². The highest BCUT2D eigenvalue weighted by atomic mass is 19.4. The maximum atomic E-state index is 12.7. The number of carbonyl (C=O) groups is 1. The van der Waals surface area contributed by atoms with Crippen LogP contribution in [-0.2, 0) is 11.0 Å². The van der Waals surface area contributed by atoms with Gasteiger partial charge in [-0.25, -0.2) is 4.98 Å². The topological polar surface area (TPSA) is 69.6 Å². The number of carbonyl (C=O) groups excluding carboxylic acids is 1. The molecule has 0 radical (unpaired) electrons. The SMILES string of the molecule is O=CC=CN1CCN(c2nccnc2[C@H](O)c2ccc(C(F)(F)F)cc2)CC1. The van der Waals surface area contributed by atoms with Gasteiger partial charge in [-0.3, -0.25) is 9.78 Å². The van der Waals surface area contributed by atoms with Crippen LogP contribution in [0.3, 0.4) is 0 Å². The summed E-state index contributed by atoms with van der Waals surface area (Å²) in [5.74, 6) is 0.494. The number of halogens is 3. The predicted molar refractivity (Wildman–Crippen MR) is 96.5 cm³/mol. The highest BCUT2D eigenvalue weighted by Crippen LogP contribution is 2.32. The molecule has 28 heavy (non-hydrogen) atoms. The first-order valence-corrected chi connectivity index (χ1v) is 8.67. The summed E-state index contributed by atoms with van der Waals surface area (Å²) in [5, 5.41) is 10.7. The van der Waals surface area contributed by atoms with E-state index in [0.717, 1.165) is 12.1 Å². The van der Waals surface area contributed by atoms with E-state index in [-0.39, 0.29) is 0 Å². The maximum absolute atomic E-state index is 12.7. The van der Waals surface area contributed by atoms with Crippen molar-refractivity contribution in [2.75, 3.05) is 31.1 Å². The molecule has 0 unspecified atom stereocenters. The van der Waals surface area contributed by atoms with Crippen molar-refractivity contribution in [2.45, 2.75) is 12.3 Å². The zero-order valence-electron chi connectivity index (χ0n) is 14.9. The van der Waals surface area contributed by atoms with Crippen LogP contribution in [-0.4, -0.2) is 52.4 Å². The summed E-state index contributed by atoms with van der Waals surface area (Å²) in [7, 11) is 0. The second kappa shape index (κ2) is 8.39. The number of hydrogen-bond donors (Lipinski definition) is 1. The van der Waals surface area contributed by atoms with E-state index in [9.17, 15) is 23.1 Å². The smallest absolute Gasteiger partial charge is 0.382 e. The van der Waals surface area contributed by atoms with E-state index >= 15 is 0 Å². The van der Waals surface area contributed by atoms with Gasteiger partial charge in [0.05, 0.1) is 5.56 Å². The molecule has 6 nitrogen and oxygen atoms in total. The summed E-state index contributed by atoms with van der Waals surface area (Å²) in [6.07, 6.45) is 1.19. The normalized spacial score (nSPS) is 16.4. The third-order valence-electron chi connectivity index (χ3n) is 4.51. The Morgan fingerprint density at radius 1 is 1.04 bits per heavy atom.